The summed E-state index contributed by atoms with van der Waals surface area (Å²) in [5.41, 5.74) is 4.79. The number of fused-ring (bicyclic) bond motifs is 2. The highest BCUT2D eigenvalue weighted by molar-refractivity contribution is 6.21. The second kappa shape index (κ2) is 40.9. The van der Waals surface area contributed by atoms with Crippen LogP contribution in [-0.4, -0.2) is 180 Å². The van der Waals surface area contributed by atoms with Gasteiger partial charge in [0.25, 0.3) is 11.8 Å². The Labute approximate surface area is 662 Å². The highest BCUT2D eigenvalue weighted by atomic mass is 16.8. The van der Waals surface area contributed by atoms with E-state index in [2.05, 4.69) is 0 Å². The molecule has 0 aromatic heterocycles. The first-order chi connectivity index (χ1) is 55.8. The van der Waals surface area contributed by atoms with Gasteiger partial charge in [0.15, 0.2) is 37.4 Å². The van der Waals surface area contributed by atoms with Crippen molar-refractivity contribution in [2.75, 3.05) is 47.8 Å². The number of methoxy groups -OCH3 is 3. The number of ketones is 1. The molecule has 0 unspecified atom stereocenters. The number of hydrogen-bond acceptors (Lipinski definition) is 24. The van der Waals surface area contributed by atoms with E-state index in [-0.39, 0.29) is 94.1 Å². The maximum Gasteiger partial charge on any atom is 0.338 e. The van der Waals surface area contributed by atoms with Gasteiger partial charge in [0.2, 0.25) is 0 Å². The number of imide groups is 1. The SMILES string of the molecule is COC(=O)CCCCCO[C@@H]1O[C@@H]2CO[C@@H](c3ccc(OC)cc3)O[C@H]2[C@H](O[C@@H]2O[C@H](CO[C@H]3O[C@H](COCc4ccccc4)[C@H](OCc4ccccc4)[C@H](OCc4ccccc4)[C@H]3OCc3ccccc3)[C@H](OC(=O)CCC(C)=O)[C@H](OCc3ccc(OC)cc3)[C@H]2OC(=O)c2ccccc2)[C@H]1N1C(=O)c2ccccc2C1=O. The summed E-state index contributed by atoms with van der Waals surface area (Å²) in [6.07, 6.45) is -19.7. The Bertz CT molecular complexity index is 4340. The molecule has 8 aromatic carbocycles. The lowest BCUT2D eigenvalue weighted by molar-refractivity contribution is -0.386. The lowest BCUT2D eigenvalue weighted by Crippen LogP contribution is -2.70. The highest BCUT2D eigenvalue weighted by Crippen LogP contribution is 2.44. The van der Waals surface area contributed by atoms with Crippen LogP contribution in [-0.2, 0) is 123 Å². The van der Waals surface area contributed by atoms with Crippen molar-refractivity contribution < 1.29 is 114 Å². The highest BCUT2D eigenvalue weighted by Gasteiger charge is 2.61. The summed E-state index contributed by atoms with van der Waals surface area (Å²) in [4.78, 5) is 87.1. The first-order valence-electron chi connectivity index (χ1n) is 38.4. The summed E-state index contributed by atoms with van der Waals surface area (Å²) in [5, 5.41) is 0. The van der Waals surface area contributed by atoms with Gasteiger partial charge in [0.1, 0.15) is 78.3 Å². The van der Waals surface area contributed by atoms with Crippen LogP contribution in [0.2, 0.25) is 0 Å². The molecule has 0 N–H and O–H groups in total. The number of unbranched alkanes of at least 4 members (excludes halogenated alkanes) is 2. The number of carbonyl (C=O) groups is 6. The molecule has 5 aliphatic rings. The quantitative estimate of drug-likeness (QED) is 0.0150. The molecule has 5 aliphatic heterocycles. The van der Waals surface area contributed by atoms with E-state index in [4.69, 9.17) is 85.3 Å². The van der Waals surface area contributed by atoms with Gasteiger partial charge in [-0.2, -0.15) is 0 Å². The molecule has 600 valence electrons. The molecule has 5 heterocycles. The van der Waals surface area contributed by atoms with Crippen LogP contribution in [0.4, 0.5) is 0 Å². The van der Waals surface area contributed by atoms with E-state index < -0.39 is 135 Å². The number of ether oxygens (including phenoxy) is 18. The summed E-state index contributed by atoms with van der Waals surface area (Å²) in [6, 6.07) is 65.5. The average molecular weight is 1560 g/mol. The van der Waals surface area contributed by atoms with Crippen molar-refractivity contribution in [1.82, 2.24) is 4.90 Å². The Kier molecular flexibility index (Phi) is 29.4. The lowest BCUT2D eigenvalue weighted by atomic mass is 9.93. The molecule has 0 aliphatic carbocycles. The van der Waals surface area contributed by atoms with Gasteiger partial charge in [-0.05, 0) is 96.1 Å². The van der Waals surface area contributed by atoms with Crippen molar-refractivity contribution in [3.8, 4) is 11.5 Å². The minimum atomic E-state index is -1.90. The van der Waals surface area contributed by atoms with Gasteiger partial charge < -0.3 is 90.1 Å². The second-order valence-corrected chi connectivity index (χ2v) is 28.2. The van der Waals surface area contributed by atoms with E-state index in [0.29, 0.717) is 41.9 Å². The molecular formula is C89H95NO24. The smallest absolute Gasteiger partial charge is 0.338 e. The third-order valence-electron chi connectivity index (χ3n) is 20.3. The molecule has 8 aromatic rings. The first-order valence-corrected chi connectivity index (χ1v) is 38.4. The zero-order chi connectivity index (χ0) is 79.1. The molecule has 0 spiro atoms. The molecule has 25 heteroatoms. The number of hydrogen-bond donors (Lipinski definition) is 0. The molecule has 25 nitrogen and oxygen atoms in total. The van der Waals surface area contributed by atoms with Crippen LogP contribution < -0.4 is 9.47 Å². The van der Waals surface area contributed by atoms with E-state index >= 15 is 14.4 Å². The van der Waals surface area contributed by atoms with Gasteiger partial charge in [-0.25, -0.2) is 4.79 Å². The van der Waals surface area contributed by atoms with Crippen LogP contribution in [0.5, 0.6) is 11.5 Å². The number of carbonyl (C=O) groups excluding carboxylic acids is 6. The molecule has 16 atom stereocenters. The molecule has 4 saturated heterocycles. The van der Waals surface area contributed by atoms with Crippen molar-refractivity contribution in [3.05, 3.63) is 275 Å². The molecule has 114 heavy (non-hydrogen) atoms. The number of benzene rings is 8. The lowest BCUT2D eigenvalue weighted by Gasteiger charge is -2.53. The van der Waals surface area contributed by atoms with E-state index in [1.165, 1.54) is 28.3 Å². The fourth-order valence-electron chi connectivity index (χ4n) is 14.4. The normalized spacial score (nSPS) is 25.2. The Morgan fingerprint density at radius 2 is 0.930 bits per heavy atom. The van der Waals surface area contributed by atoms with Gasteiger partial charge >= 0.3 is 17.9 Å². The number of nitrogens with zero attached hydrogens (tertiary/aromatic N) is 1. The zero-order valence-electron chi connectivity index (χ0n) is 64.0. The molecule has 2 amide bonds. The van der Waals surface area contributed by atoms with Crippen LogP contribution in [0.25, 0.3) is 0 Å². The summed E-state index contributed by atoms with van der Waals surface area (Å²) in [5.74, 6) is -2.80. The van der Waals surface area contributed by atoms with Gasteiger partial charge in [-0.1, -0.05) is 182 Å². The third kappa shape index (κ3) is 21.3. The molecule has 13 rings (SSSR count). The minimum absolute atomic E-state index is 0.0161. The molecule has 0 saturated carbocycles. The van der Waals surface area contributed by atoms with E-state index in [9.17, 15) is 14.4 Å². The van der Waals surface area contributed by atoms with Crippen LogP contribution in [0.1, 0.15) is 116 Å². The molecular weight excluding hydrogens is 1470 g/mol. The van der Waals surface area contributed by atoms with E-state index in [0.717, 1.165) is 27.2 Å². The van der Waals surface area contributed by atoms with E-state index in [1.54, 1.807) is 103 Å². The minimum Gasteiger partial charge on any atom is -0.497 e. The number of Topliss-reactive ketones (excluding diaryl/α,β-unsaturated/α-hetero) is 1. The Morgan fingerprint density at radius 1 is 0.421 bits per heavy atom. The largest absolute Gasteiger partial charge is 0.497 e. The monoisotopic (exact) mass is 1560 g/mol. The first kappa shape index (κ1) is 82.1. The van der Waals surface area contributed by atoms with Crippen LogP contribution in [0.3, 0.4) is 0 Å². The second-order valence-electron chi connectivity index (χ2n) is 28.2. The van der Waals surface area contributed by atoms with Gasteiger partial charge in [-0.15, -0.1) is 0 Å². The maximum atomic E-state index is 15.4. The van der Waals surface area contributed by atoms with Gasteiger partial charge in [0.05, 0.1) is 97.3 Å². The van der Waals surface area contributed by atoms with Gasteiger partial charge in [-0.3, -0.25) is 24.1 Å². The fourth-order valence-corrected chi connectivity index (χ4v) is 14.4. The van der Waals surface area contributed by atoms with Crippen molar-refractivity contribution in [3.63, 3.8) is 0 Å². The summed E-state index contributed by atoms with van der Waals surface area (Å²) >= 11 is 0. The van der Waals surface area contributed by atoms with Crippen molar-refractivity contribution in [1.29, 1.82) is 0 Å². The van der Waals surface area contributed by atoms with Crippen LogP contribution >= 0.6 is 0 Å². The third-order valence-corrected chi connectivity index (χ3v) is 20.3. The molecule has 4 fully saturated rings. The Hall–Kier alpha value is -9.94. The number of amides is 2. The number of esters is 3. The zero-order valence-corrected chi connectivity index (χ0v) is 64.0. The molecule has 0 radical (unpaired) electrons. The van der Waals surface area contributed by atoms with Crippen LogP contribution in [0.15, 0.2) is 224 Å². The van der Waals surface area contributed by atoms with Gasteiger partial charge in [0, 0.05) is 25.0 Å². The summed E-state index contributed by atoms with van der Waals surface area (Å²) < 4.78 is 121. The maximum absolute atomic E-state index is 15.4. The Balaban J connectivity index is 0.949. The molecule has 0 bridgehead atoms. The predicted octanol–water partition coefficient (Wildman–Crippen LogP) is 12.2. The summed E-state index contributed by atoms with van der Waals surface area (Å²) in [6.45, 7) is 0.719. The van der Waals surface area contributed by atoms with Crippen molar-refractivity contribution in [2.24, 2.45) is 0 Å². The topological polar surface area (TPSA) is 272 Å². The standard InChI is InChI=1S/C89H95NO24/c1-57(91)38-47-73(93)111-77-71(56-107-88-81(105-52-61-31-17-8-18-32-61)79(103-51-60-29-15-7-16-30-60)75(102-50-59-27-13-6-14-28-59)69(109-88)54-100-49-58-25-11-5-12-26-58)110-89(82(112-85(96)63-33-19-9-20-34-63)80(77)104-53-62-39-43-65(97-2)44-40-62)114-78-74(90-83(94)67-35-22-23-36-68(67)84(90)95)87(101-48-24-10-21-37-72(92)99-4)108-70-55-106-86(113-76(70)78)64-41-45-66(98-3)46-42-64/h5-9,11-20,22-23,25-36,39-46,69-71,74-82,86-89H,10,21,24,37-38,47-56H2,1-4H3/t69-,70-,71-,74-,75+,76-,77+,78-,79+,80+,81-,82-,86-,87-,88+,89+/m1/s1. The van der Waals surface area contributed by atoms with E-state index in [1.807, 2.05) is 121 Å². The Morgan fingerprint density at radius 3 is 1.50 bits per heavy atom. The fraction of sp³-hybridized carbons (Fsp3) is 0.393. The van der Waals surface area contributed by atoms with Crippen molar-refractivity contribution >= 4 is 35.5 Å². The van der Waals surface area contributed by atoms with Crippen molar-refractivity contribution in [2.45, 2.75) is 177 Å². The predicted molar refractivity (Wildman–Crippen MR) is 409 cm³/mol. The number of rotatable bonds is 38. The summed E-state index contributed by atoms with van der Waals surface area (Å²) in [7, 11) is 4.39. The average Bonchev–Trinajstić information content (AvgIpc) is 1.52. The van der Waals surface area contributed by atoms with Crippen LogP contribution in [0, 0.1) is 0 Å².